The molecule has 2 aromatic rings. The highest BCUT2D eigenvalue weighted by Gasteiger charge is 2.69. The van der Waals surface area contributed by atoms with E-state index in [4.69, 9.17) is 18.6 Å². The van der Waals surface area contributed by atoms with Gasteiger partial charge in [0.15, 0.2) is 6.29 Å². The predicted molar refractivity (Wildman–Crippen MR) is 151 cm³/mol. The summed E-state index contributed by atoms with van der Waals surface area (Å²) in [7, 11) is -0.901. The molecule has 6 atom stereocenters. The van der Waals surface area contributed by atoms with Crippen LogP contribution >= 0.6 is 0 Å². The van der Waals surface area contributed by atoms with E-state index in [0.29, 0.717) is 6.61 Å². The molecule has 2 aliphatic carbocycles. The number of aliphatic hydroxyl groups excluding tert-OH is 1. The van der Waals surface area contributed by atoms with E-state index in [1.165, 1.54) is 15.9 Å². The van der Waals surface area contributed by atoms with Crippen LogP contribution in [0.1, 0.15) is 46.5 Å². The average Bonchev–Trinajstić information content (AvgIpc) is 3.67. The average molecular weight is 535 g/mol. The molecule has 2 saturated heterocycles. The van der Waals surface area contributed by atoms with Gasteiger partial charge in [0, 0.05) is 37.6 Å². The molecule has 1 saturated carbocycles. The van der Waals surface area contributed by atoms with Gasteiger partial charge in [0.2, 0.25) is 0 Å². The SMILES string of the molecule is CO[C@@H]1OC2C3=CCC[C@@H]2[C@@]2(CO2)[C@H](CO)C[C@]31CCO[Si](c1ccccc1)(c1ccccc1)C(C)(C)C. The number of hydrogen-bond acceptors (Lipinski definition) is 5. The highest BCUT2D eigenvalue weighted by atomic mass is 28.4. The largest absolute Gasteiger partial charge is 0.407 e. The minimum atomic E-state index is -2.66. The maximum absolute atomic E-state index is 10.6. The molecule has 38 heavy (non-hydrogen) atoms. The van der Waals surface area contributed by atoms with Gasteiger partial charge in [-0.3, -0.25) is 0 Å². The lowest BCUT2D eigenvalue weighted by Crippen LogP contribution is -2.66. The van der Waals surface area contributed by atoms with Gasteiger partial charge in [-0.2, -0.15) is 0 Å². The number of ether oxygens (including phenoxy) is 3. The van der Waals surface area contributed by atoms with Crippen molar-refractivity contribution in [1.82, 2.24) is 0 Å². The van der Waals surface area contributed by atoms with Crippen molar-refractivity contribution in [1.29, 1.82) is 0 Å². The smallest absolute Gasteiger partial charge is 0.261 e. The van der Waals surface area contributed by atoms with Gasteiger partial charge in [-0.1, -0.05) is 87.5 Å². The summed E-state index contributed by atoms with van der Waals surface area (Å²) in [6.07, 6.45) is 5.71. The number of rotatable bonds is 8. The van der Waals surface area contributed by atoms with Crippen molar-refractivity contribution in [2.24, 2.45) is 17.3 Å². The number of allylic oxidation sites excluding steroid dienone is 1. The van der Waals surface area contributed by atoms with Crippen LogP contribution in [0.25, 0.3) is 0 Å². The summed E-state index contributed by atoms with van der Waals surface area (Å²) < 4.78 is 26.2. The molecule has 3 fully saturated rings. The first kappa shape index (κ1) is 26.4. The van der Waals surface area contributed by atoms with E-state index in [1.54, 1.807) is 7.11 Å². The van der Waals surface area contributed by atoms with Crippen molar-refractivity contribution in [3.8, 4) is 0 Å². The first-order chi connectivity index (χ1) is 18.3. The summed E-state index contributed by atoms with van der Waals surface area (Å²) in [4.78, 5) is 0. The van der Waals surface area contributed by atoms with Gasteiger partial charge in [-0.05, 0) is 46.7 Å². The highest BCUT2D eigenvalue weighted by molar-refractivity contribution is 6.99. The molecule has 6 rings (SSSR count). The van der Waals surface area contributed by atoms with Crippen molar-refractivity contribution in [2.75, 3.05) is 26.9 Å². The maximum atomic E-state index is 10.6. The van der Waals surface area contributed by atoms with Crippen LogP contribution in [0.5, 0.6) is 0 Å². The van der Waals surface area contributed by atoms with Crippen molar-refractivity contribution in [3.05, 3.63) is 72.3 Å². The highest BCUT2D eigenvalue weighted by Crippen LogP contribution is 2.64. The Bertz CT molecular complexity index is 1120. The van der Waals surface area contributed by atoms with Gasteiger partial charge in [0.25, 0.3) is 8.32 Å². The molecule has 0 radical (unpaired) electrons. The summed E-state index contributed by atoms with van der Waals surface area (Å²) in [6, 6.07) is 21.6. The van der Waals surface area contributed by atoms with Gasteiger partial charge in [0.05, 0.1) is 12.7 Å². The van der Waals surface area contributed by atoms with Gasteiger partial charge in [-0.15, -0.1) is 0 Å². The third kappa shape index (κ3) is 3.83. The number of hydrogen-bond donors (Lipinski definition) is 1. The molecular weight excluding hydrogens is 492 g/mol. The summed E-state index contributed by atoms with van der Waals surface area (Å²) in [5.41, 5.74) is 0.780. The molecule has 5 nitrogen and oxygen atoms in total. The topological polar surface area (TPSA) is 60.5 Å². The summed E-state index contributed by atoms with van der Waals surface area (Å²) in [5.74, 6) is 0.354. The third-order valence-electron chi connectivity index (χ3n) is 9.94. The molecule has 4 bridgehead atoms. The molecule has 204 valence electrons. The van der Waals surface area contributed by atoms with Crippen molar-refractivity contribution >= 4 is 18.7 Å². The molecule has 1 unspecified atom stereocenters. The first-order valence-electron chi connectivity index (χ1n) is 14.2. The van der Waals surface area contributed by atoms with E-state index in [9.17, 15) is 5.11 Å². The normalized spacial score (nSPS) is 34.2. The van der Waals surface area contributed by atoms with E-state index >= 15 is 0 Å². The Labute approximate surface area is 228 Å². The van der Waals surface area contributed by atoms with Crippen LogP contribution < -0.4 is 10.4 Å². The zero-order valence-corrected chi connectivity index (χ0v) is 24.2. The van der Waals surface area contributed by atoms with E-state index in [2.05, 4.69) is 87.5 Å². The van der Waals surface area contributed by atoms with Crippen molar-refractivity contribution in [2.45, 2.75) is 69.5 Å². The predicted octanol–water partition coefficient (Wildman–Crippen LogP) is 4.43. The van der Waals surface area contributed by atoms with E-state index < -0.39 is 8.32 Å². The van der Waals surface area contributed by atoms with Crippen LogP contribution in [0.3, 0.4) is 0 Å². The second-order valence-electron chi connectivity index (χ2n) is 12.7. The van der Waals surface area contributed by atoms with Crippen LogP contribution in [0.4, 0.5) is 0 Å². The van der Waals surface area contributed by atoms with Gasteiger partial charge >= 0.3 is 0 Å². The fraction of sp³-hybridized carbons (Fsp3) is 0.562. The van der Waals surface area contributed by atoms with Gasteiger partial charge in [0.1, 0.15) is 5.60 Å². The number of epoxide rings is 1. The monoisotopic (exact) mass is 534 g/mol. The minimum absolute atomic E-state index is 0.000569. The fourth-order valence-electron chi connectivity index (χ4n) is 8.13. The Morgan fingerprint density at radius 2 is 1.66 bits per heavy atom. The molecule has 6 heteroatoms. The fourth-order valence-corrected chi connectivity index (χ4v) is 12.7. The number of benzene rings is 2. The Kier molecular flexibility index (Phi) is 6.73. The molecule has 2 aromatic carbocycles. The van der Waals surface area contributed by atoms with Crippen LogP contribution in [-0.2, 0) is 18.6 Å². The maximum Gasteiger partial charge on any atom is 0.261 e. The molecule has 0 aromatic heterocycles. The second-order valence-corrected chi connectivity index (χ2v) is 17.0. The lowest BCUT2D eigenvalue weighted by atomic mass is 9.71. The Morgan fingerprint density at radius 1 is 1.03 bits per heavy atom. The van der Waals surface area contributed by atoms with Crippen LogP contribution in [0.15, 0.2) is 72.3 Å². The molecule has 1 N–H and O–H groups in total. The van der Waals surface area contributed by atoms with Crippen LogP contribution in [-0.4, -0.2) is 58.3 Å². The molecule has 1 spiro atoms. The first-order valence-corrected chi connectivity index (χ1v) is 16.1. The summed E-state index contributed by atoms with van der Waals surface area (Å²) in [6.45, 7) is 8.41. The van der Waals surface area contributed by atoms with Crippen molar-refractivity contribution < 1.29 is 23.7 Å². The van der Waals surface area contributed by atoms with E-state index in [1.807, 2.05) is 0 Å². The Hall–Kier alpha value is -1.80. The Balaban J connectivity index is 1.38. The molecule has 2 aliphatic heterocycles. The Morgan fingerprint density at radius 3 is 2.18 bits per heavy atom. The zero-order chi connectivity index (χ0) is 26.6. The third-order valence-corrected chi connectivity index (χ3v) is 15.0. The second kappa shape index (κ2) is 9.68. The standard InChI is InChI=1S/C32H42O5Si/c1-30(2,3)38(24-12-7-5-8-13-24,25-14-9-6-10-15-25)36-19-18-31-20-23(21-33)32(22-35-32)27-17-11-16-26(31)28(27)37-29(31)34-4/h5-10,12-16,23,27-29,33H,11,17-22H2,1-4H3/t23-,27-,28?,29+,31+,32+/m0/s1. The summed E-state index contributed by atoms with van der Waals surface area (Å²) in [5, 5.41) is 13.1. The van der Waals surface area contributed by atoms with Crippen LogP contribution in [0.2, 0.25) is 5.04 Å². The molecule has 0 amide bonds. The zero-order valence-electron chi connectivity index (χ0n) is 23.2. The summed E-state index contributed by atoms with van der Waals surface area (Å²) >= 11 is 0. The molecule has 4 aliphatic rings. The lowest BCUT2D eigenvalue weighted by Gasteiger charge is -2.44. The van der Waals surface area contributed by atoms with Crippen molar-refractivity contribution in [3.63, 3.8) is 0 Å². The number of fused-ring (bicyclic) bond motifs is 1. The van der Waals surface area contributed by atoms with Crippen LogP contribution in [0, 0.1) is 17.3 Å². The quantitative estimate of drug-likeness (QED) is 0.309. The van der Waals surface area contributed by atoms with Gasteiger partial charge in [-0.25, -0.2) is 0 Å². The van der Waals surface area contributed by atoms with Gasteiger partial charge < -0.3 is 23.7 Å². The number of aliphatic hydroxyl groups is 1. The number of methoxy groups -OCH3 is 1. The minimum Gasteiger partial charge on any atom is -0.407 e. The van der Waals surface area contributed by atoms with E-state index in [0.717, 1.165) is 32.3 Å². The molecular formula is C32H42O5Si. The molecule has 2 heterocycles. The van der Waals surface area contributed by atoms with E-state index in [-0.39, 0.29) is 46.9 Å². The lowest BCUT2D eigenvalue weighted by molar-refractivity contribution is -0.190.